The first-order valence-electron chi connectivity index (χ1n) is 14.7. The largest absolute Gasteiger partial charge is 0.396 e. The number of hydrogen-bond acceptors (Lipinski definition) is 4. The molecule has 1 rings (SSSR count). The Morgan fingerprint density at radius 1 is 0.818 bits per heavy atom. The summed E-state index contributed by atoms with van der Waals surface area (Å²) in [6, 6.07) is 0. The highest BCUT2D eigenvalue weighted by atomic mass is 16.6. The van der Waals surface area contributed by atoms with Crippen molar-refractivity contribution < 1.29 is 19.3 Å². The average Bonchev–Trinajstić information content (AvgIpc) is 2.82. The molecule has 0 amide bonds. The van der Waals surface area contributed by atoms with Gasteiger partial charge in [0.1, 0.15) is 6.10 Å². The molecular formula is C29H58O4. The van der Waals surface area contributed by atoms with Gasteiger partial charge in [-0.15, -0.1) is 0 Å². The quantitative estimate of drug-likeness (QED) is 0.146. The Hall–Kier alpha value is -0.160. The van der Waals surface area contributed by atoms with Crippen molar-refractivity contribution in [2.75, 3.05) is 33.0 Å². The van der Waals surface area contributed by atoms with E-state index >= 15 is 0 Å². The van der Waals surface area contributed by atoms with Crippen molar-refractivity contribution >= 4 is 0 Å². The van der Waals surface area contributed by atoms with Crippen molar-refractivity contribution in [2.24, 2.45) is 5.92 Å². The van der Waals surface area contributed by atoms with E-state index in [9.17, 15) is 0 Å². The van der Waals surface area contributed by atoms with Gasteiger partial charge in [-0.05, 0) is 38.0 Å². The predicted octanol–water partition coefficient (Wildman–Crippen LogP) is 7.85. The first-order valence-corrected chi connectivity index (χ1v) is 14.7. The van der Waals surface area contributed by atoms with E-state index < -0.39 is 0 Å². The van der Waals surface area contributed by atoms with Crippen LogP contribution in [-0.4, -0.2) is 50.3 Å². The molecular weight excluding hydrogens is 412 g/mol. The van der Waals surface area contributed by atoms with Crippen LogP contribution >= 0.6 is 0 Å². The maximum atomic E-state index is 8.90. The van der Waals surface area contributed by atoms with Crippen LogP contribution in [0.2, 0.25) is 0 Å². The van der Waals surface area contributed by atoms with Crippen LogP contribution in [0.5, 0.6) is 0 Å². The SMILES string of the molecule is CCCCCCCCCCCCCCCCO[C@@H]1CCCO[C@H]1COCC(C)CCCCO. The van der Waals surface area contributed by atoms with Gasteiger partial charge >= 0.3 is 0 Å². The molecule has 1 N–H and O–H groups in total. The Bertz CT molecular complexity index is 390. The van der Waals surface area contributed by atoms with Gasteiger partial charge in [-0.2, -0.15) is 0 Å². The van der Waals surface area contributed by atoms with Crippen LogP contribution in [0.15, 0.2) is 0 Å². The summed E-state index contributed by atoms with van der Waals surface area (Å²) >= 11 is 0. The standard InChI is InChI=1S/C29H58O4/c1-3-4-5-6-7-8-9-10-11-12-13-14-15-18-23-32-28-21-19-24-33-29(28)26-31-25-27(2)20-16-17-22-30/h27-30H,3-26H2,1-2H3/t27?,28-,29+/m1/s1. The second-order valence-corrected chi connectivity index (χ2v) is 10.4. The van der Waals surface area contributed by atoms with Crippen molar-refractivity contribution in [1.29, 1.82) is 0 Å². The Labute approximate surface area is 206 Å². The summed E-state index contributed by atoms with van der Waals surface area (Å²) in [5.74, 6) is 0.537. The zero-order chi connectivity index (χ0) is 23.8. The van der Waals surface area contributed by atoms with E-state index in [1.165, 1.54) is 89.9 Å². The third-order valence-electron chi connectivity index (χ3n) is 7.00. The molecule has 1 fully saturated rings. The lowest BCUT2D eigenvalue weighted by Crippen LogP contribution is -2.40. The van der Waals surface area contributed by atoms with Crippen LogP contribution in [0.4, 0.5) is 0 Å². The molecule has 0 bridgehead atoms. The van der Waals surface area contributed by atoms with E-state index in [4.69, 9.17) is 19.3 Å². The lowest BCUT2D eigenvalue weighted by atomic mass is 10.0. The highest BCUT2D eigenvalue weighted by molar-refractivity contribution is 4.75. The summed E-state index contributed by atoms with van der Waals surface area (Å²) in [4.78, 5) is 0. The minimum atomic E-state index is 0.0926. The van der Waals surface area contributed by atoms with Gasteiger partial charge in [-0.1, -0.05) is 104 Å². The van der Waals surface area contributed by atoms with E-state index in [1.54, 1.807) is 0 Å². The summed E-state index contributed by atoms with van der Waals surface area (Å²) in [7, 11) is 0. The van der Waals surface area contributed by atoms with Crippen LogP contribution in [-0.2, 0) is 14.2 Å². The molecule has 4 nitrogen and oxygen atoms in total. The zero-order valence-corrected chi connectivity index (χ0v) is 22.4. The second kappa shape index (κ2) is 23.6. The summed E-state index contributed by atoms with van der Waals surface area (Å²) in [6.07, 6.45) is 25.0. The van der Waals surface area contributed by atoms with Crippen LogP contribution in [0, 0.1) is 5.92 Å². The Balaban J connectivity index is 1.93. The van der Waals surface area contributed by atoms with Gasteiger partial charge in [0.15, 0.2) is 0 Å². The van der Waals surface area contributed by atoms with E-state index in [-0.39, 0.29) is 12.2 Å². The number of aliphatic hydroxyl groups is 1. The van der Waals surface area contributed by atoms with Crippen molar-refractivity contribution in [2.45, 2.75) is 148 Å². The summed E-state index contributed by atoms with van der Waals surface area (Å²) in [6.45, 7) is 7.92. The number of aliphatic hydroxyl groups excluding tert-OH is 1. The number of unbranched alkanes of at least 4 members (excludes halogenated alkanes) is 14. The summed E-state index contributed by atoms with van der Waals surface area (Å²) in [5, 5.41) is 8.90. The lowest BCUT2D eigenvalue weighted by Gasteiger charge is -2.31. The third-order valence-corrected chi connectivity index (χ3v) is 7.00. The van der Waals surface area contributed by atoms with Crippen molar-refractivity contribution in [1.82, 2.24) is 0 Å². The van der Waals surface area contributed by atoms with E-state index in [0.29, 0.717) is 19.1 Å². The molecule has 0 radical (unpaired) electrons. The van der Waals surface area contributed by atoms with Gasteiger partial charge in [-0.25, -0.2) is 0 Å². The van der Waals surface area contributed by atoms with Gasteiger partial charge < -0.3 is 19.3 Å². The normalized spacial score (nSPS) is 19.7. The van der Waals surface area contributed by atoms with Gasteiger partial charge in [0, 0.05) is 26.4 Å². The molecule has 1 aliphatic heterocycles. The molecule has 0 aliphatic carbocycles. The van der Waals surface area contributed by atoms with Gasteiger partial charge in [0.2, 0.25) is 0 Å². The molecule has 0 spiro atoms. The Morgan fingerprint density at radius 3 is 2.03 bits per heavy atom. The molecule has 0 aromatic heterocycles. The van der Waals surface area contributed by atoms with E-state index in [0.717, 1.165) is 51.9 Å². The maximum Gasteiger partial charge on any atom is 0.107 e. The minimum Gasteiger partial charge on any atom is -0.396 e. The van der Waals surface area contributed by atoms with E-state index in [1.807, 2.05) is 0 Å². The molecule has 0 aromatic rings. The Kier molecular flexibility index (Phi) is 22.1. The third kappa shape index (κ3) is 18.8. The fourth-order valence-corrected chi connectivity index (χ4v) is 4.76. The second-order valence-electron chi connectivity index (χ2n) is 10.4. The summed E-state index contributed by atoms with van der Waals surface area (Å²) in [5.41, 5.74) is 0. The number of ether oxygens (including phenoxy) is 3. The number of rotatable bonds is 24. The molecule has 3 atom stereocenters. The van der Waals surface area contributed by atoms with Crippen LogP contribution in [0.3, 0.4) is 0 Å². The molecule has 198 valence electrons. The van der Waals surface area contributed by atoms with Gasteiger partial charge in [0.25, 0.3) is 0 Å². The fraction of sp³-hybridized carbons (Fsp3) is 1.00. The lowest BCUT2D eigenvalue weighted by molar-refractivity contribution is -0.133. The molecule has 1 unspecified atom stereocenters. The van der Waals surface area contributed by atoms with E-state index in [2.05, 4.69) is 13.8 Å². The Morgan fingerprint density at radius 2 is 1.42 bits per heavy atom. The van der Waals surface area contributed by atoms with Crippen molar-refractivity contribution in [3.05, 3.63) is 0 Å². The molecule has 0 saturated carbocycles. The monoisotopic (exact) mass is 470 g/mol. The topological polar surface area (TPSA) is 47.9 Å². The summed E-state index contributed by atoms with van der Waals surface area (Å²) < 4.78 is 18.1. The fourth-order valence-electron chi connectivity index (χ4n) is 4.76. The first-order chi connectivity index (χ1) is 16.3. The molecule has 33 heavy (non-hydrogen) atoms. The minimum absolute atomic E-state index is 0.0926. The molecule has 0 aromatic carbocycles. The van der Waals surface area contributed by atoms with Crippen molar-refractivity contribution in [3.8, 4) is 0 Å². The van der Waals surface area contributed by atoms with Crippen LogP contribution in [0.1, 0.15) is 136 Å². The molecule has 1 heterocycles. The highest BCUT2D eigenvalue weighted by Crippen LogP contribution is 2.19. The van der Waals surface area contributed by atoms with Crippen molar-refractivity contribution in [3.63, 3.8) is 0 Å². The zero-order valence-electron chi connectivity index (χ0n) is 22.4. The predicted molar refractivity (Wildman–Crippen MR) is 140 cm³/mol. The smallest absolute Gasteiger partial charge is 0.107 e. The van der Waals surface area contributed by atoms with Gasteiger partial charge in [-0.3, -0.25) is 0 Å². The molecule has 1 saturated heterocycles. The number of hydrogen-bond donors (Lipinski definition) is 1. The highest BCUT2D eigenvalue weighted by Gasteiger charge is 2.27. The van der Waals surface area contributed by atoms with Gasteiger partial charge in [0.05, 0.1) is 12.7 Å². The molecule has 1 aliphatic rings. The average molecular weight is 471 g/mol. The molecule has 4 heteroatoms. The maximum absolute atomic E-state index is 8.90. The van der Waals surface area contributed by atoms with Crippen LogP contribution < -0.4 is 0 Å². The first kappa shape index (κ1) is 30.9. The van der Waals surface area contributed by atoms with Crippen LogP contribution in [0.25, 0.3) is 0 Å².